The monoisotopic (exact) mass is 568 g/mol. The van der Waals surface area contributed by atoms with Crippen LogP contribution in [0.15, 0.2) is 0 Å². The normalized spacial score (nSPS) is 24.4. The van der Waals surface area contributed by atoms with Crippen LogP contribution in [0.5, 0.6) is 0 Å². The number of aromatic nitrogens is 3. The van der Waals surface area contributed by atoms with Crippen molar-refractivity contribution in [2.75, 3.05) is 80.2 Å². The molecule has 1 aliphatic carbocycles. The summed E-state index contributed by atoms with van der Waals surface area (Å²) in [5.41, 5.74) is -1.13. The van der Waals surface area contributed by atoms with E-state index in [9.17, 15) is 14.4 Å². The molecular formula is C29H44N8O4. The van der Waals surface area contributed by atoms with Gasteiger partial charge in [-0.1, -0.05) is 12.8 Å². The van der Waals surface area contributed by atoms with Gasteiger partial charge in [-0.2, -0.15) is 15.0 Å². The van der Waals surface area contributed by atoms with Crippen molar-refractivity contribution in [2.45, 2.75) is 77.2 Å². The molecule has 1 saturated carbocycles. The highest BCUT2D eigenvalue weighted by Gasteiger charge is 2.53. The van der Waals surface area contributed by atoms with Crippen LogP contribution in [0.2, 0.25) is 0 Å². The van der Waals surface area contributed by atoms with Gasteiger partial charge < -0.3 is 29.2 Å². The summed E-state index contributed by atoms with van der Waals surface area (Å²) in [5.74, 6) is 1.56. The van der Waals surface area contributed by atoms with E-state index in [-0.39, 0.29) is 18.4 Å². The van der Waals surface area contributed by atoms with Crippen LogP contribution in [-0.2, 0) is 19.1 Å². The molecule has 41 heavy (non-hydrogen) atoms. The third kappa shape index (κ3) is 5.41. The standard InChI is InChI=1S/C29H44N8O4/c1-2-41-25(40)29(11-3-4-12-29)24(39)37-17-9-10-22(37)23(38)33-18-20-36(21-19-33)28-31-26(34-13-5-6-14-34)30-27(32-28)35-15-7-8-16-35/h22H,2-21H2,1H3. The SMILES string of the molecule is CCOC(=O)C1(C(=O)N2CCCC2C(=O)N2CCN(c3nc(N4CCCC4)nc(N4CCCC4)n3)CC2)CCCC1. The molecule has 5 heterocycles. The Morgan fingerprint density at radius 2 is 1.22 bits per heavy atom. The lowest BCUT2D eigenvalue weighted by molar-refractivity contribution is -0.167. The predicted octanol–water partition coefficient (Wildman–Crippen LogP) is 1.84. The van der Waals surface area contributed by atoms with Crippen LogP contribution in [0.25, 0.3) is 0 Å². The summed E-state index contributed by atoms with van der Waals surface area (Å²) in [6.07, 6.45) is 8.69. The minimum atomic E-state index is -1.13. The van der Waals surface area contributed by atoms with Crippen LogP contribution in [0.3, 0.4) is 0 Å². The molecule has 0 spiro atoms. The van der Waals surface area contributed by atoms with Gasteiger partial charge in [-0.05, 0) is 58.3 Å². The van der Waals surface area contributed by atoms with E-state index in [1.807, 2.05) is 4.90 Å². The van der Waals surface area contributed by atoms with Gasteiger partial charge in [0, 0.05) is 58.9 Å². The Balaban J connectivity index is 1.13. The molecule has 1 unspecified atom stereocenters. The van der Waals surface area contributed by atoms with Crippen LogP contribution in [0.4, 0.5) is 17.8 Å². The van der Waals surface area contributed by atoms with Crippen molar-refractivity contribution >= 4 is 35.6 Å². The highest BCUT2D eigenvalue weighted by molar-refractivity contribution is 6.04. The molecular weight excluding hydrogens is 524 g/mol. The van der Waals surface area contributed by atoms with Gasteiger partial charge in [0.05, 0.1) is 6.61 Å². The summed E-state index contributed by atoms with van der Waals surface area (Å²) in [5, 5.41) is 0. The molecule has 2 amide bonds. The largest absolute Gasteiger partial charge is 0.465 e. The van der Waals surface area contributed by atoms with Crippen LogP contribution >= 0.6 is 0 Å². The molecule has 6 rings (SSSR count). The van der Waals surface area contributed by atoms with E-state index < -0.39 is 17.4 Å². The topological polar surface area (TPSA) is 115 Å². The summed E-state index contributed by atoms with van der Waals surface area (Å²) in [6.45, 7) is 8.76. The van der Waals surface area contributed by atoms with Crippen molar-refractivity contribution < 1.29 is 19.1 Å². The maximum atomic E-state index is 13.8. The fourth-order valence-electron chi connectivity index (χ4n) is 7.23. The number of carbonyl (C=O) groups is 3. The zero-order chi connectivity index (χ0) is 28.4. The summed E-state index contributed by atoms with van der Waals surface area (Å²) in [7, 11) is 0. The molecule has 0 bridgehead atoms. The van der Waals surface area contributed by atoms with Gasteiger partial charge in [0.2, 0.25) is 29.7 Å². The zero-order valence-electron chi connectivity index (χ0n) is 24.4. The van der Waals surface area contributed by atoms with E-state index >= 15 is 0 Å². The minimum Gasteiger partial charge on any atom is -0.465 e. The van der Waals surface area contributed by atoms with Gasteiger partial charge >= 0.3 is 5.97 Å². The van der Waals surface area contributed by atoms with E-state index in [0.29, 0.717) is 57.9 Å². The van der Waals surface area contributed by atoms with Crippen LogP contribution in [-0.4, -0.2) is 114 Å². The first-order chi connectivity index (χ1) is 20.0. The summed E-state index contributed by atoms with van der Waals surface area (Å²) < 4.78 is 5.35. The third-order valence-electron chi connectivity index (χ3n) is 9.58. The number of rotatable bonds is 7. The number of ether oxygens (including phenoxy) is 1. The fraction of sp³-hybridized carbons (Fsp3) is 0.793. The molecule has 0 aromatic carbocycles. The second kappa shape index (κ2) is 12.0. The number of esters is 1. The maximum Gasteiger partial charge on any atom is 0.321 e. The molecule has 0 radical (unpaired) electrons. The Kier molecular flexibility index (Phi) is 8.16. The number of nitrogens with zero attached hydrogens (tertiary/aromatic N) is 8. The van der Waals surface area contributed by atoms with E-state index in [0.717, 1.165) is 83.0 Å². The van der Waals surface area contributed by atoms with Crippen molar-refractivity contribution in [3.8, 4) is 0 Å². The van der Waals surface area contributed by atoms with Gasteiger partial charge in [0.1, 0.15) is 11.5 Å². The Morgan fingerprint density at radius 3 is 1.73 bits per heavy atom. The summed E-state index contributed by atoms with van der Waals surface area (Å²) in [6, 6.07) is -0.512. The first kappa shape index (κ1) is 28.0. The Labute approximate surface area is 242 Å². The van der Waals surface area contributed by atoms with E-state index in [1.54, 1.807) is 11.8 Å². The smallest absolute Gasteiger partial charge is 0.321 e. The molecule has 1 aromatic heterocycles. The highest BCUT2D eigenvalue weighted by atomic mass is 16.5. The first-order valence-corrected chi connectivity index (χ1v) is 15.8. The van der Waals surface area contributed by atoms with Crippen molar-refractivity contribution in [1.29, 1.82) is 0 Å². The number of hydrogen-bond donors (Lipinski definition) is 0. The number of amides is 2. The van der Waals surface area contributed by atoms with E-state index in [4.69, 9.17) is 19.7 Å². The Bertz CT molecular complexity index is 1090. The molecule has 4 saturated heterocycles. The summed E-state index contributed by atoms with van der Waals surface area (Å²) in [4.78, 5) is 65.4. The van der Waals surface area contributed by atoms with Crippen LogP contribution < -0.4 is 14.7 Å². The molecule has 4 aliphatic heterocycles. The zero-order valence-corrected chi connectivity index (χ0v) is 24.4. The van der Waals surface area contributed by atoms with Crippen molar-refractivity contribution in [3.05, 3.63) is 0 Å². The van der Waals surface area contributed by atoms with Crippen molar-refractivity contribution in [1.82, 2.24) is 24.8 Å². The molecule has 1 aromatic rings. The average molecular weight is 569 g/mol. The van der Waals surface area contributed by atoms with Gasteiger partial charge in [0.15, 0.2) is 0 Å². The average Bonchev–Trinajstić information content (AvgIpc) is 3.84. The van der Waals surface area contributed by atoms with E-state index in [1.165, 1.54) is 0 Å². The molecule has 12 heteroatoms. The second-order valence-electron chi connectivity index (χ2n) is 12.1. The maximum absolute atomic E-state index is 13.8. The van der Waals surface area contributed by atoms with Gasteiger partial charge in [0.25, 0.3) is 0 Å². The number of likely N-dealkylation sites (tertiary alicyclic amines) is 1. The number of anilines is 3. The van der Waals surface area contributed by atoms with Gasteiger partial charge in [-0.3, -0.25) is 14.4 Å². The predicted molar refractivity (Wildman–Crippen MR) is 154 cm³/mol. The first-order valence-electron chi connectivity index (χ1n) is 15.8. The van der Waals surface area contributed by atoms with Gasteiger partial charge in [-0.15, -0.1) is 0 Å². The lowest BCUT2D eigenvalue weighted by atomic mass is 9.84. The van der Waals surface area contributed by atoms with Crippen LogP contribution in [0, 0.1) is 5.41 Å². The summed E-state index contributed by atoms with van der Waals surface area (Å²) >= 11 is 0. The molecule has 12 nitrogen and oxygen atoms in total. The van der Waals surface area contributed by atoms with E-state index in [2.05, 4.69) is 14.7 Å². The molecule has 5 aliphatic rings. The molecule has 1 atom stereocenters. The molecule has 5 fully saturated rings. The highest BCUT2D eigenvalue weighted by Crippen LogP contribution is 2.42. The van der Waals surface area contributed by atoms with Crippen molar-refractivity contribution in [3.63, 3.8) is 0 Å². The quantitative estimate of drug-likeness (QED) is 0.356. The molecule has 224 valence electrons. The number of piperazine rings is 1. The number of hydrogen-bond acceptors (Lipinski definition) is 10. The third-order valence-corrected chi connectivity index (χ3v) is 9.58. The fourth-order valence-corrected chi connectivity index (χ4v) is 7.23. The van der Waals surface area contributed by atoms with Crippen LogP contribution in [0.1, 0.15) is 71.1 Å². The lowest BCUT2D eigenvalue weighted by Gasteiger charge is -2.39. The lowest BCUT2D eigenvalue weighted by Crippen LogP contribution is -2.57. The van der Waals surface area contributed by atoms with Crippen molar-refractivity contribution in [2.24, 2.45) is 5.41 Å². The second-order valence-corrected chi connectivity index (χ2v) is 12.1. The van der Waals surface area contributed by atoms with Gasteiger partial charge in [-0.25, -0.2) is 0 Å². The Hall–Kier alpha value is -3.18. The number of carbonyl (C=O) groups excluding carboxylic acids is 3. The molecule has 0 N–H and O–H groups in total. The Morgan fingerprint density at radius 1 is 0.707 bits per heavy atom. The minimum absolute atomic E-state index is 0.0151.